The summed E-state index contributed by atoms with van der Waals surface area (Å²) in [5, 5.41) is 4.05. The van der Waals surface area contributed by atoms with Gasteiger partial charge in [-0.15, -0.1) is 0 Å². The lowest BCUT2D eigenvalue weighted by atomic mass is 9.95. The number of likely N-dealkylation sites (tertiary alicyclic amines) is 1. The van der Waals surface area contributed by atoms with Crippen molar-refractivity contribution < 1.29 is 4.52 Å². The molecule has 2 atom stereocenters. The second-order valence-electron chi connectivity index (χ2n) is 5.54. The molecule has 1 aromatic carbocycles. The van der Waals surface area contributed by atoms with Gasteiger partial charge in [-0.05, 0) is 12.3 Å². The zero-order valence-corrected chi connectivity index (χ0v) is 11.7. The minimum Gasteiger partial charge on any atom is -0.338 e. The molecule has 2 N–H and O–H groups in total. The fraction of sp³-hybridized carbons (Fsp3) is 0.467. The van der Waals surface area contributed by atoms with Crippen LogP contribution in [0.2, 0.25) is 0 Å². The number of hydrogen-bond donors (Lipinski definition) is 1. The molecule has 1 aliphatic rings. The molecule has 1 aliphatic heterocycles. The minimum atomic E-state index is 0.314. The zero-order chi connectivity index (χ0) is 13.9. The van der Waals surface area contributed by atoms with Crippen LogP contribution in [0.4, 0.5) is 0 Å². The van der Waals surface area contributed by atoms with Crippen LogP contribution < -0.4 is 5.73 Å². The highest BCUT2D eigenvalue weighted by molar-refractivity contribution is 5.53. The van der Waals surface area contributed by atoms with Crippen LogP contribution in [0.3, 0.4) is 0 Å². The van der Waals surface area contributed by atoms with Crippen molar-refractivity contribution in [2.75, 3.05) is 13.1 Å². The van der Waals surface area contributed by atoms with Crippen LogP contribution in [0.1, 0.15) is 19.2 Å². The zero-order valence-electron chi connectivity index (χ0n) is 11.7. The summed E-state index contributed by atoms with van der Waals surface area (Å²) < 4.78 is 5.35. The summed E-state index contributed by atoms with van der Waals surface area (Å²) in [5.41, 5.74) is 7.02. The summed E-state index contributed by atoms with van der Waals surface area (Å²) in [6.45, 7) is 4.88. The van der Waals surface area contributed by atoms with Gasteiger partial charge in [0.1, 0.15) is 0 Å². The molecule has 5 nitrogen and oxygen atoms in total. The number of piperidine rings is 1. The van der Waals surface area contributed by atoms with Crippen LogP contribution in [0.5, 0.6) is 0 Å². The molecule has 0 amide bonds. The SMILES string of the molecule is CC1CN(Cc2nc(-c3ccccc3)no2)CCC1N. The van der Waals surface area contributed by atoms with Crippen molar-refractivity contribution in [3.05, 3.63) is 36.2 Å². The quantitative estimate of drug-likeness (QED) is 0.924. The fourth-order valence-electron chi connectivity index (χ4n) is 2.61. The second-order valence-corrected chi connectivity index (χ2v) is 5.54. The van der Waals surface area contributed by atoms with Gasteiger partial charge in [-0.3, -0.25) is 4.90 Å². The fourth-order valence-corrected chi connectivity index (χ4v) is 2.61. The maximum absolute atomic E-state index is 6.04. The van der Waals surface area contributed by atoms with E-state index in [1.165, 1.54) is 0 Å². The van der Waals surface area contributed by atoms with Crippen molar-refractivity contribution in [2.45, 2.75) is 25.9 Å². The van der Waals surface area contributed by atoms with E-state index in [9.17, 15) is 0 Å². The van der Waals surface area contributed by atoms with E-state index >= 15 is 0 Å². The summed E-state index contributed by atoms with van der Waals surface area (Å²) in [6.07, 6.45) is 1.03. The lowest BCUT2D eigenvalue weighted by Crippen LogP contribution is -2.45. The molecule has 1 fully saturated rings. The van der Waals surface area contributed by atoms with Gasteiger partial charge in [-0.2, -0.15) is 4.98 Å². The van der Waals surface area contributed by atoms with Crippen molar-refractivity contribution >= 4 is 0 Å². The van der Waals surface area contributed by atoms with Crippen LogP contribution >= 0.6 is 0 Å². The second kappa shape index (κ2) is 5.73. The number of rotatable bonds is 3. The van der Waals surface area contributed by atoms with E-state index in [1.54, 1.807) is 0 Å². The Labute approximate surface area is 118 Å². The van der Waals surface area contributed by atoms with E-state index < -0.39 is 0 Å². The number of nitrogens with two attached hydrogens (primary N) is 1. The first-order chi connectivity index (χ1) is 9.72. The molecule has 0 spiro atoms. The van der Waals surface area contributed by atoms with Crippen LogP contribution in [0.25, 0.3) is 11.4 Å². The first-order valence-corrected chi connectivity index (χ1v) is 7.08. The third-order valence-corrected chi connectivity index (χ3v) is 3.91. The standard InChI is InChI=1S/C15H20N4O/c1-11-9-19(8-7-13(11)16)10-14-17-15(18-20-14)12-5-3-2-4-6-12/h2-6,11,13H,7-10,16H2,1H3. The van der Waals surface area contributed by atoms with Crippen molar-refractivity contribution in [3.63, 3.8) is 0 Å². The highest BCUT2D eigenvalue weighted by atomic mass is 16.5. The molecule has 0 radical (unpaired) electrons. The monoisotopic (exact) mass is 272 g/mol. The molecule has 0 saturated carbocycles. The van der Waals surface area contributed by atoms with E-state index in [-0.39, 0.29) is 0 Å². The third kappa shape index (κ3) is 2.89. The highest BCUT2D eigenvalue weighted by Gasteiger charge is 2.24. The van der Waals surface area contributed by atoms with Crippen LogP contribution in [-0.2, 0) is 6.54 Å². The predicted octanol–water partition coefficient (Wildman–Crippen LogP) is 1.91. The lowest BCUT2D eigenvalue weighted by Gasteiger charge is -2.34. The van der Waals surface area contributed by atoms with Crippen molar-refractivity contribution in [2.24, 2.45) is 11.7 Å². The Morgan fingerprint density at radius 3 is 2.90 bits per heavy atom. The van der Waals surface area contributed by atoms with Gasteiger partial charge >= 0.3 is 0 Å². The Hall–Kier alpha value is -1.72. The van der Waals surface area contributed by atoms with E-state index in [4.69, 9.17) is 10.3 Å². The van der Waals surface area contributed by atoms with Crippen LogP contribution in [0.15, 0.2) is 34.9 Å². The van der Waals surface area contributed by atoms with Crippen LogP contribution in [-0.4, -0.2) is 34.2 Å². The van der Waals surface area contributed by atoms with Crippen molar-refractivity contribution in [3.8, 4) is 11.4 Å². The van der Waals surface area contributed by atoms with Gasteiger partial charge < -0.3 is 10.3 Å². The largest absolute Gasteiger partial charge is 0.338 e. The van der Waals surface area contributed by atoms with E-state index in [0.717, 1.165) is 25.1 Å². The molecule has 5 heteroatoms. The van der Waals surface area contributed by atoms with Crippen LogP contribution in [0, 0.1) is 5.92 Å². The number of benzene rings is 1. The molecule has 106 valence electrons. The van der Waals surface area contributed by atoms with Gasteiger partial charge in [0.15, 0.2) is 0 Å². The topological polar surface area (TPSA) is 68.2 Å². The average Bonchev–Trinajstić information content (AvgIpc) is 2.92. The van der Waals surface area contributed by atoms with Gasteiger partial charge in [0.2, 0.25) is 11.7 Å². The molecule has 0 aliphatic carbocycles. The molecule has 3 rings (SSSR count). The molecule has 2 aromatic rings. The first kappa shape index (κ1) is 13.3. The Morgan fingerprint density at radius 2 is 2.15 bits per heavy atom. The predicted molar refractivity (Wildman–Crippen MR) is 76.8 cm³/mol. The van der Waals surface area contributed by atoms with E-state index in [0.29, 0.717) is 30.2 Å². The highest BCUT2D eigenvalue weighted by Crippen LogP contribution is 2.19. The Kier molecular flexibility index (Phi) is 3.80. The number of hydrogen-bond acceptors (Lipinski definition) is 5. The summed E-state index contributed by atoms with van der Waals surface area (Å²) in [5.74, 6) is 1.84. The summed E-state index contributed by atoms with van der Waals surface area (Å²) in [6, 6.07) is 10.2. The Morgan fingerprint density at radius 1 is 1.35 bits per heavy atom. The molecule has 1 aromatic heterocycles. The summed E-state index contributed by atoms with van der Waals surface area (Å²) in [7, 11) is 0. The minimum absolute atomic E-state index is 0.314. The molecule has 2 unspecified atom stereocenters. The first-order valence-electron chi connectivity index (χ1n) is 7.08. The molecule has 20 heavy (non-hydrogen) atoms. The van der Waals surface area contributed by atoms with E-state index in [1.807, 2.05) is 30.3 Å². The number of aromatic nitrogens is 2. The van der Waals surface area contributed by atoms with Gasteiger partial charge in [-0.25, -0.2) is 0 Å². The molecular formula is C15H20N4O. The summed E-state index contributed by atoms with van der Waals surface area (Å²) >= 11 is 0. The maximum Gasteiger partial charge on any atom is 0.241 e. The smallest absolute Gasteiger partial charge is 0.241 e. The lowest BCUT2D eigenvalue weighted by molar-refractivity contribution is 0.142. The normalized spacial score (nSPS) is 23.9. The van der Waals surface area contributed by atoms with Gasteiger partial charge in [0.05, 0.1) is 6.54 Å². The Balaban J connectivity index is 1.66. The van der Waals surface area contributed by atoms with Gasteiger partial charge in [0, 0.05) is 24.7 Å². The van der Waals surface area contributed by atoms with Crippen molar-refractivity contribution in [1.82, 2.24) is 15.0 Å². The Bertz CT molecular complexity index is 554. The molecule has 2 heterocycles. The van der Waals surface area contributed by atoms with Crippen molar-refractivity contribution in [1.29, 1.82) is 0 Å². The number of nitrogens with zero attached hydrogens (tertiary/aromatic N) is 3. The van der Waals surface area contributed by atoms with Gasteiger partial charge in [0.25, 0.3) is 0 Å². The van der Waals surface area contributed by atoms with E-state index in [2.05, 4.69) is 22.0 Å². The average molecular weight is 272 g/mol. The summed E-state index contributed by atoms with van der Waals surface area (Å²) in [4.78, 5) is 6.80. The molecule has 1 saturated heterocycles. The van der Waals surface area contributed by atoms with Gasteiger partial charge in [-0.1, -0.05) is 42.4 Å². The maximum atomic E-state index is 6.04. The molecule has 0 bridgehead atoms. The third-order valence-electron chi connectivity index (χ3n) is 3.91. The molecular weight excluding hydrogens is 252 g/mol.